The number of carbonyl (C=O) groups excluding carboxylic acids is 2. The van der Waals surface area contributed by atoms with Crippen molar-refractivity contribution >= 4 is 39.2 Å². The first-order chi connectivity index (χ1) is 12.8. The summed E-state index contributed by atoms with van der Waals surface area (Å²) in [5, 5.41) is 6.33. The van der Waals surface area contributed by atoms with E-state index < -0.39 is 17.7 Å². The summed E-state index contributed by atoms with van der Waals surface area (Å²) in [5.74, 6) is -2.71. The molecule has 0 saturated carbocycles. The van der Waals surface area contributed by atoms with Crippen LogP contribution in [0.2, 0.25) is 0 Å². The van der Waals surface area contributed by atoms with Crippen LogP contribution in [0, 0.1) is 0 Å². The molecule has 0 amide bonds. The Kier molecular flexibility index (Phi) is 5.51. The fraction of sp³-hybridized carbons (Fsp3) is 0.200. The second-order valence-electron chi connectivity index (χ2n) is 6.41. The fourth-order valence-corrected chi connectivity index (χ4v) is 2.87. The number of ether oxygens (including phenoxy) is 2. The summed E-state index contributed by atoms with van der Waals surface area (Å²) in [6.45, 7) is 3.64. The molecule has 2 N–H and O–H groups in total. The van der Waals surface area contributed by atoms with Crippen molar-refractivity contribution < 1.29 is 19.1 Å². The lowest BCUT2D eigenvalue weighted by Crippen LogP contribution is -2.42. The average molecular weight is 431 g/mol. The van der Waals surface area contributed by atoms with Crippen molar-refractivity contribution in [1.29, 1.82) is 0 Å². The molecule has 1 aliphatic heterocycles. The molecule has 3 rings (SSSR count). The minimum Gasteiger partial charge on any atom is -0.419 e. The molecule has 0 unspecified atom stereocenters. The van der Waals surface area contributed by atoms with Gasteiger partial charge in [-0.25, -0.2) is 9.59 Å². The maximum atomic E-state index is 12.0. The van der Waals surface area contributed by atoms with Gasteiger partial charge in [-0.15, -0.1) is 0 Å². The highest BCUT2D eigenvalue weighted by molar-refractivity contribution is 9.10. The summed E-state index contributed by atoms with van der Waals surface area (Å²) in [6, 6.07) is 15.6. The normalized spacial score (nSPS) is 15.6. The minimum absolute atomic E-state index is 0.191. The van der Waals surface area contributed by atoms with Crippen LogP contribution in [0.5, 0.6) is 0 Å². The summed E-state index contributed by atoms with van der Waals surface area (Å²) in [6.07, 6.45) is 1.30. The number of esters is 2. The minimum atomic E-state index is -1.26. The molecule has 2 aromatic carbocycles. The van der Waals surface area contributed by atoms with Crippen LogP contribution < -0.4 is 10.6 Å². The highest BCUT2D eigenvalue weighted by Crippen LogP contribution is 2.28. The molecule has 27 heavy (non-hydrogen) atoms. The van der Waals surface area contributed by atoms with Crippen LogP contribution in [0.4, 0.5) is 11.4 Å². The first-order valence-electron chi connectivity index (χ1n) is 8.35. The van der Waals surface area contributed by atoms with Crippen molar-refractivity contribution in [3.05, 3.63) is 70.3 Å². The first kappa shape index (κ1) is 19.0. The Bertz CT molecular complexity index is 872. The zero-order valence-corrected chi connectivity index (χ0v) is 16.5. The van der Waals surface area contributed by atoms with Crippen LogP contribution in [0.1, 0.15) is 19.4 Å². The van der Waals surface area contributed by atoms with Gasteiger partial charge in [-0.3, -0.25) is 0 Å². The zero-order valence-electron chi connectivity index (χ0n) is 14.9. The molecule has 2 aromatic rings. The Balaban J connectivity index is 1.77. The number of anilines is 2. The first-order valence-corrected chi connectivity index (χ1v) is 9.14. The van der Waals surface area contributed by atoms with E-state index in [4.69, 9.17) is 9.47 Å². The molecule has 6 nitrogen and oxygen atoms in total. The van der Waals surface area contributed by atoms with E-state index in [1.807, 2.05) is 48.5 Å². The number of rotatable bonds is 5. The van der Waals surface area contributed by atoms with Gasteiger partial charge in [0, 0.05) is 31.1 Å². The van der Waals surface area contributed by atoms with Gasteiger partial charge in [0.1, 0.15) is 0 Å². The van der Waals surface area contributed by atoms with E-state index >= 15 is 0 Å². The Hall–Kier alpha value is -2.80. The number of benzene rings is 2. The maximum absolute atomic E-state index is 12.0. The van der Waals surface area contributed by atoms with E-state index in [1.54, 1.807) is 0 Å². The van der Waals surface area contributed by atoms with Crippen LogP contribution in [0.3, 0.4) is 0 Å². The smallest absolute Gasteiger partial charge is 0.350 e. The standard InChI is InChI=1S/C20H19BrN2O4/c1-20(2)26-18(24)15(19(25)27-20)12-23-17-10-14(21)8-9-16(17)22-11-13-6-4-3-5-7-13/h3-10,12,22-23H,11H2,1-2H3. The number of nitrogens with one attached hydrogen (secondary N) is 2. The predicted molar refractivity (Wildman–Crippen MR) is 106 cm³/mol. The van der Waals surface area contributed by atoms with Gasteiger partial charge in [0.15, 0.2) is 5.57 Å². The molecule has 0 spiro atoms. The Morgan fingerprint density at radius 2 is 1.67 bits per heavy atom. The number of hydrogen-bond acceptors (Lipinski definition) is 6. The maximum Gasteiger partial charge on any atom is 0.350 e. The van der Waals surface area contributed by atoms with Crippen molar-refractivity contribution in [2.24, 2.45) is 0 Å². The fourth-order valence-electron chi connectivity index (χ4n) is 2.51. The average Bonchev–Trinajstić information content (AvgIpc) is 2.60. The topological polar surface area (TPSA) is 76.7 Å². The molecular weight excluding hydrogens is 412 g/mol. The molecule has 140 valence electrons. The van der Waals surface area contributed by atoms with Crippen LogP contribution >= 0.6 is 15.9 Å². The van der Waals surface area contributed by atoms with Gasteiger partial charge in [0.2, 0.25) is 0 Å². The van der Waals surface area contributed by atoms with E-state index in [2.05, 4.69) is 26.6 Å². The molecule has 0 atom stereocenters. The van der Waals surface area contributed by atoms with Crippen molar-refractivity contribution in [2.45, 2.75) is 26.2 Å². The van der Waals surface area contributed by atoms with Crippen LogP contribution in [0.15, 0.2) is 64.8 Å². The molecule has 1 fully saturated rings. The van der Waals surface area contributed by atoms with E-state index in [0.717, 1.165) is 15.7 Å². The second kappa shape index (κ2) is 7.84. The molecule has 0 radical (unpaired) electrons. The highest BCUT2D eigenvalue weighted by atomic mass is 79.9. The molecule has 0 aromatic heterocycles. The van der Waals surface area contributed by atoms with Crippen LogP contribution in [-0.4, -0.2) is 17.7 Å². The van der Waals surface area contributed by atoms with Crippen molar-refractivity contribution in [2.75, 3.05) is 10.6 Å². The van der Waals surface area contributed by atoms with Gasteiger partial charge in [0.25, 0.3) is 5.79 Å². The van der Waals surface area contributed by atoms with E-state index in [9.17, 15) is 9.59 Å². The van der Waals surface area contributed by atoms with Gasteiger partial charge >= 0.3 is 11.9 Å². The lowest BCUT2D eigenvalue weighted by Gasteiger charge is -2.29. The third-order valence-corrected chi connectivity index (χ3v) is 4.29. The molecule has 7 heteroatoms. The van der Waals surface area contributed by atoms with Gasteiger partial charge in [-0.1, -0.05) is 46.3 Å². The number of halogens is 1. The van der Waals surface area contributed by atoms with E-state index in [0.29, 0.717) is 12.2 Å². The molecule has 0 bridgehead atoms. The van der Waals surface area contributed by atoms with Gasteiger partial charge in [-0.05, 0) is 23.8 Å². The predicted octanol–water partition coefficient (Wildman–Crippen LogP) is 4.19. The largest absolute Gasteiger partial charge is 0.419 e. The van der Waals surface area contributed by atoms with Crippen molar-refractivity contribution in [1.82, 2.24) is 0 Å². The summed E-state index contributed by atoms with van der Waals surface area (Å²) in [4.78, 5) is 24.1. The van der Waals surface area contributed by atoms with E-state index in [-0.39, 0.29) is 5.57 Å². The SMILES string of the molecule is CC1(C)OC(=O)C(=CNc2cc(Br)ccc2NCc2ccccc2)C(=O)O1. The summed E-state index contributed by atoms with van der Waals surface area (Å²) >= 11 is 3.43. The number of carbonyl (C=O) groups is 2. The zero-order chi connectivity index (χ0) is 19.4. The Morgan fingerprint density at radius 1 is 1.00 bits per heavy atom. The molecule has 1 saturated heterocycles. The molecule has 0 aliphatic carbocycles. The molecule has 1 heterocycles. The summed E-state index contributed by atoms with van der Waals surface area (Å²) in [7, 11) is 0. The van der Waals surface area contributed by atoms with Crippen molar-refractivity contribution in [3.8, 4) is 0 Å². The number of hydrogen-bond donors (Lipinski definition) is 2. The van der Waals surface area contributed by atoms with E-state index in [1.165, 1.54) is 20.0 Å². The van der Waals surface area contributed by atoms with Crippen LogP contribution in [-0.2, 0) is 25.6 Å². The lowest BCUT2D eigenvalue weighted by atomic mass is 10.2. The monoisotopic (exact) mass is 430 g/mol. The Morgan fingerprint density at radius 3 is 2.33 bits per heavy atom. The second-order valence-corrected chi connectivity index (χ2v) is 7.33. The van der Waals surface area contributed by atoms with Crippen LogP contribution in [0.25, 0.3) is 0 Å². The summed E-state index contributed by atoms with van der Waals surface area (Å²) in [5.41, 5.74) is 2.45. The third-order valence-electron chi connectivity index (χ3n) is 3.80. The van der Waals surface area contributed by atoms with Crippen molar-refractivity contribution in [3.63, 3.8) is 0 Å². The number of cyclic esters (lactones) is 2. The van der Waals surface area contributed by atoms with Gasteiger partial charge < -0.3 is 20.1 Å². The highest BCUT2D eigenvalue weighted by Gasteiger charge is 2.38. The summed E-state index contributed by atoms with van der Waals surface area (Å²) < 4.78 is 11.0. The third kappa shape index (κ3) is 4.89. The van der Waals surface area contributed by atoms with Gasteiger partial charge in [-0.2, -0.15) is 0 Å². The quantitative estimate of drug-likeness (QED) is 0.420. The molecule has 1 aliphatic rings. The molecular formula is C20H19BrN2O4. The Labute approximate surface area is 165 Å². The van der Waals surface area contributed by atoms with Gasteiger partial charge in [0.05, 0.1) is 11.4 Å². The lowest BCUT2D eigenvalue weighted by molar-refractivity contribution is -0.222.